The van der Waals surface area contributed by atoms with Crippen LogP contribution in [0.1, 0.15) is 47.0 Å². The summed E-state index contributed by atoms with van der Waals surface area (Å²) >= 11 is 0. The van der Waals surface area contributed by atoms with Gasteiger partial charge in [0.05, 0.1) is 7.11 Å². The summed E-state index contributed by atoms with van der Waals surface area (Å²) in [7, 11) is 1.46. The number of ether oxygens (including phenoxy) is 1. The fourth-order valence-corrected chi connectivity index (χ4v) is 2.04. The van der Waals surface area contributed by atoms with E-state index >= 15 is 0 Å². The lowest BCUT2D eigenvalue weighted by Crippen LogP contribution is -2.01. The van der Waals surface area contributed by atoms with Crippen molar-refractivity contribution in [3.8, 4) is 0 Å². The highest BCUT2D eigenvalue weighted by atomic mass is 19.1. The standard InChI is InChI=1S/C22H33FO/c1-10-15(2)11-12-16(3)17(4)13-14-18(5)19(6)22(23)20(7)21(8)24-9/h13-16H,4-6,8,10-12H2,1-3,7,9H3/b14-13-,22-20+. The van der Waals surface area contributed by atoms with Gasteiger partial charge < -0.3 is 4.74 Å². The monoisotopic (exact) mass is 332 g/mol. The van der Waals surface area contributed by atoms with E-state index in [9.17, 15) is 4.39 Å². The van der Waals surface area contributed by atoms with Crippen LogP contribution >= 0.6 is 0 Å². The first-order valence-corrected chi connectivity index (χ1v) is 8.50. The van der Waals surface area contributed by atoms with Crippen molar-refractivity contribution in [3.63, 3.8) is 0 Å². The van der Waals surface area contributed by atoms with Crippen LogP contribution in [0, 0.1) is 11.8 Å². The smallest absolute Gasteiger partial charge is 0.136 e. The molecule has 0 aromatic carbocycles. The zero-order valence-electron chi connectivity index (χ0n) is 16.0. The molecule has 0 rings (SSSR count). The summed E-state index contributed by atoms with van der Waals surface area (Å²) in [6.07, 6.45) is 7.17. The van der Waals surface area contributed by atoms with E-state index in [-0.39, 0.29) is 11.3 Å². The van der Waals surface area contributed by atoms with Gasteiger partial charge in [0.25, 0.3) is 0 Å². The zero-order valence-corrected chi connectivity index (χ0v) is 16.0. The molecular formula is C22H33FO. The van der Waals surface area contributed by atoms with Crippen LogP contribution < -0.4 is 0 Å². The Balaban J connectivity index is 4.80. The molecule has 0 N–H and O–H groups in total. The Morgan fingerprint density at radius 3 is 2.17 bits per heavy atom. The Labute approximate surface area is 148 Å². The fourth-order valence-electron chi connectivity index (χ4n) is 2.04. The number of hydrogen-bond acceptors (Lipinski definition) is 1. The normalized spacial score (nSPS) is 14.8. The van der Waals surface area contributed by atoms with Gasteiger partial charge in [0.2, 0.25) is 0 Å². The van der Waals surface area contributed by atoms with Crippen molar-refractivity contribution in [1.82, 2.24) is 0 Å². The van der Waals surface area contributed by atoms with Gasteiger partial charge in [-0.1, -0.05) is 77.7 Å². The lowest BCUT2D eigenvalue weighted by Gasteiger charge is -2.15. The molecule has 0 radical (unpaired) electrons. The van der Waals surface area contributed by atoms with Crippen molar-refractivity contribution < 1.29 is 9.13 Å². The molecule has 0 saturated carbocycles. The van der Waals surface area contributed by atoms with Crippen LogP contribution in [0.3, 0.4) is 0 Å². The molecule has 0 spiro atoms. The number of allylic oxidation sites excluding steroid dienone is 7. The topological polar surface area (TPSA) is 9.23 Å². The highest BCUT2D eigenvalue weighted by molar-refractivity contribution is 5.50. The average Bonchev–Trinajstić information content (AvgIpc) is 2.60. The van der Waals surface area contributed by atoms with E-state index < -0.39 is 5.83 Å². The van der Waals surface area contributed by atoms with Crippen molar-refractivity contribution in [2.75, 3.05) is 7.11 Å². The first-order valence-electron chi connectivity index (χ1n) is 8.50. The SMILES string of the molecule is C=C(/C=C\C(=C)C(C)CCC(C)CC)C(=C)/C(F)=C(/C)C(=C)OC. The molecule has 2 atom stereocenters. The van der Waals surface area contributed by atoms with Crippen molar-refractivity contribution in [3.05, 3.63) is 72.3 Å². The van der Waals surface area contributed by atoms with Gasteiger partial charge in [0, 0.05) is 11.1 Å². The molecule has 0 aliphatic rings. The van der Waals surface area contributed by atoms with Crippen molar-refractivity contribution in [2.24, 2.45) is 11.8 Å². The lowest BCUT2D eigenvalue weighted by molar-refractivity contribution is 0.300. The van der Waals surface area contributed by atoms with Gasteiger partial charge in [-0.25, -0.2) is 4.39 Å². The maximum absolute atomic E-state index is 14.3. The van der Waals surface area contributed by atoms with E-state index in [1.807, 2.05) is 6.08 Å². The Hall–Kier alpha value is -1.83. The van der Waals surface area contributed by atoms with Crippen LogP contribution in [0.2, 0.25) is 0 Å². The highest BCUT2D eigenvalue weighted by Crippen LogP contribution is 2.26. The molecule has 0 aliphatic heterocycles. The molecule has 134 valence electrons. The largest absolute Gasteiger partial charge is 0.497 e. The van der Waals surface area contributed by atoms with Gasteiger partial charge in [-0.15, -0.1) is 0 Å². The second-order valence-corrected chi connectivity index (χ2v) is 6.47. The summed E-state index contributed by atoms with van der Waals surface area (Å²) < 4.78 is 19.3. The summed E-state index contributed by atoms with van der Waals surface area (Å²) in [5, 5.41) is 0. The van der Waals surface area contributed by atoms with E-state index in [0.29, 0.717) is 17.1 Å². The molecule has 0 amide bonds. The molecule has 24 heavy (non-hydrogen) atoms. The Morgan fingerprint density at radius 1 is 1.08 bits per heavy atom. The average molecular weight is 333 g/mol. The zero-order chi connectivity index (χ0) is 18.9. The first kappa shape index (κ1) is 22.2. The lowest BCUT2D eigenvalue weighted by atomic mass is 9.91. The molecule has 2 unspecified atom stereocenters. The van der Waals surface area contributed by atoms with Crippen LogP contribution in [0.5, 0.6) is 0 Å². The van der Waals surface area contributed by atoms with Crippen LogP contribution in [-0.4, -0.2) is 7.11 Å². The van der Waals surface area contributed by atoms with Crippen molar-refractivity contribution in [2.45, 2.75) is 47.0 Å². The Morgan fingerprint density at radius 2 is 1.67 bits per heavy atom. The highest BCUT2D eigenvalue weighted by Gasteiger charge is 2.12. The van der Waals surface area contributed by atoms with Gasteiger partial charge >= 0.3 is 0 Å². The van der Waals surface area contributed by atoms with Gasteiger partial charge in [-0.3, -0.25) is 0 Å². The molecule has 2 heteroatoms. The molecule has 0 fully saturated rings. The Kier molecular flexibility index (Phi) is 10.0. The van der Waals surface area contributed by atoms with Crippen LogP contribution in [0.4, 0.5) is 4.39 Å². The van der Waals surface area contributed by atoms with Gasteiger partial charge in [-0.05, 0) is 30.8 Å². The number of halogens is 1. The second kappa shape index (κ2) is 10.9. The first-order chi connectivity index (χ1) is 11.1. The number of rotatable bonds is 11. The number of methoxy groups -OCH3 is 1. The van der Waals surface area contributed by atoms with Gasteiger partial charge in [-0.2, -0.15) is 0 Å². The van der Waals surface area contributed by atoms with Crippen LogP contribution in [0.25, 0.3) is 0 Å². The van der Waals surface area contributed by atoms with E-state index in [1.165, 1.54) is 20.0 Å². The molecule has 0 saturated heterocycles. The fraction of sp³-hybridized carbons (Fsp3) is 0.455. The number of hydrogen-bond donors (Lipinski definition) is 0. The molecule has 0 aromatic rings. The summed E-state index contributed by atoms with van der Waals surface area (Å²) in [4.78, 5) is 0. The maximum Gasteiger partial charge on any atom is 0.136 e. The molecule has 1 nitrogen and oxygen atoms in total. The van der Waals surface area contributed by atoms with Crippen molar-refractivity contribution >= 4 is 0 Å². The predicted molar refractivity (Wildman–Crippen MR) is 104 cm³/mol. The van der Waals surface area contributed by atoms with Gasteiger partial charge in [0.15, 0.2) is 0 Å². The molecule has 0 aliphatic carbocycles. The van der Waals surface area contributed by atoms with Gasteiger partial charge in [0.1, 0.15) is 11.6 Å². The molecule has 0 aromatic heterocycles. The second-order valence-electron chi connectivity index (χ2n) is 6.47. The summed E-state index contributed by atoms with van der Waals surface area (Å²) in [6, 6.07) is 0. The minimum atomic E-state index is -0.452. The third kappa shape index (κ3) is 7.16. The van der Waals surface area contributed by atoms with Crippen molar-refractivity contribution in [1.29, 1.82) is 0 Å². The summed E-state index contributed by atoms with van der Waals surface area (Å²) in [5.41, 5.74) is 2.11. The Bertz CT molecular complexity index is 548. The van der Waals surface area contributed by atoms with E-state index in [2.05, 4.69) is 47.1 Å². The van der Waals surface area contributed by atoms with Crippen LogP contribution in [0.15, 0.2) is 72.3 Å². The summed E-state index contributed by atoms with van der Waals surface area (Å²) in [5.74, 6) is 0.960. The van der Waals surface area contributed by atoms with E-state index in [0.717, 1.165) is 17.9 Å². The minimum Gasteiger partial charge on any atom is -0.497 e. The summed E-state index contributed by atoms with van der Waals surface area (Å²) in [6.45, 7) is 23.7. The third-order valence-electron chi connectivity index (χ3n) is 4.57. The quantitative estimate of drug-likeness (QED) is 0.290. The minimum absolute atomic E-state index is 0.238. The maximum atomic E-state index is 14.3. The molecule has 0 heterocycles. The van der Waals surface area contributed by atoms with E-state index in [1.54, 1.807) is 13.0 Å². The van der Waals surface area contributed by atoms with Crippen LogP contribution in [-0.2, 0) is 4.74 Å². The van der Waals surface area contributed by atoms with E-state index in [4.69, 9.17) is 4.74 Å². The molecule has 0 bridgehead atoms. The third-order valence-corrected chi connectivity index (χ3v) is 4.57. The predicted octanol–water partition coefficient (Wildman–Crippen LogP) is 7.08. The molecular weight excluding hydrogens is 299 g/mol.